The molecule has 0 unspecified atom stereocenters. The van der Waals surface area contributed by atoms with Crippen molar-refractivity contribution < 1.29 is 13.5 Å². The van der Waals surface area contributed by atoms with Crippen LogP contribution in [-0.2, 0) is 16.7 Å². The number of hydrogen-bond donors (Lipinski definition) is 1. The average molecular weight is 274 g/mol. The fourth-order valence-electron chi connectivity index (χ4n) is 1.83. The van der Waals surface area contributed by atoms with Crippen molar-refractivity contribution in [1.29, 1.82) is 0 Å². The van der Waals surface area contributed by atoms with Gasteiger partial charge in [0.1, 0.15) is 0 Å². The first-order valence-corrected chi connectivity index (χ1v) is 7.03. The summed E-state index contributed by atoms with van der Waals surface area (Å²) in [5.74, 6) is 0. The standard InChI is InChI=1S/C15H14O3S/c16-15(19(17)18)11-8-12-6-9-14(10-7-12)13-4-2-1-3-5-13/h1-7,9-10,16H,8,11H2. The Morgan fingerprint density at radius 2 is 1.47 bits per heavy atom. The van der Waals surface area contributed by atoms with Crippen LogP contribution in [0.5, 0.6) is 0 Å². The first-order valence-electron chi connectivity index (χ1n) is 5.95. The normalized spacial score (nSPS) is 10.2. The smallest absolute Gasteiger partial charge is 0.240 e. The van der Waals surface area contributed by atoms with E-state index in [-0.39, 0.29) is 6.42 Å². The maximum Gasteiger partial charge on any atom is 0.240 e. The summed E-state index contributed by atoms with van der Waals surface area (Å²) in [6.07, 6.45) is 0.648. The fourth-order valence-corrected chi connectivity index (χ4v) is 2.10. The zero-order valence-corrected chi connectivity index (χ0v) is 11.1. The molecule has 0 saturated carbocycles. The van der Waals surface area contributed by atoms with Crippen LogP contribution in [0.15, 0.2) is 54.6 Å². The van der Waals surface area contributed by atoms with Crippen molar-refractivity contribution in [2.24, 2.45) is 0 Å². The molecule has 0 fully saturated rings. The molecule has 0 radical (unpaired) electrons. The van der Waals surface area contributed by atoms with E-state index in [2.05, 4.69) is 0 Å². The molecule has 0 saturated heterocycles. The number of benzene rings is 2. The highest BCUT2D eigenvalue weighted by Crippen LogP contribution is 2.19. The van der Waals surface area contributed by atoms with E-state index in [9.17, 15) is 8.42 Å². The number of aryl methyl sites for hydroxylation is 1. The summed E-state index contributed by atoms with van der Waals surface area (Å²) >= 11 is 0. The molecular formula is C15H14O3S. The summed E-state index contributed by atoms with van der Waals surface area (Å²) in [6, 6.07) is 17.9. The fraction of sp³-hybridized carbons (Fsp3) is 0.133. The van der Waals surface area contributed by atoms with Crippen LogP contribution < -0.4 is 0 Å². The minimum absolute atomic E-state index is 0.140. The van der Waals surface area contributed by atoms with Crippen LogP contribution in [0.3, 0.4) is 0 Å². The molecular weight excluding hydrogens is 260 g/mol. The second-order valence-corrected chi connectivity index (χ2v) is 5.13. The highest BCUT2D eigenvalue weighted by molar-refractivity contribution is 7.72. The Morgan fingerprint density at radius 1 is 0.895 bits per heavy atom. The van der Waals surface area contributed by atoms with Gasteiger partial charge < -0.3 is 5.11 Å². The molecule has 4 heteroatoms. The maximum atomic E-state index is 10.5. The molecule has 1 N–H and O–H groups in total. The van der Waals surface area contributed by atoms with Gasteiger partial charge in [-0.05, 0) is 23.1 Å². The molecule has 0 amide bonds. The van der Waals surface area contributed by atoms with E-state index >= 15 is 0 Å². The molecule has 0 aliphatic rings. The summed E-state index contributed by atoms with van der Waals surface area (Å²) in [4.78, 5) is 0. The van der Waals surface area contributed by atoms with Crippen molar-refractivity contribution in [1.82, 2.24) is 0 Å². The maximum absolute atomic E-state index is 10.5. The number of rotatable bonds is 4. The van der Waals surface area contributed by atoms with Gasteiger partial charge in [0.05, 0.1) is 0 Å². The molecule has 0 spiro atoms. The van der Waals surface area contributed by atoms with Gasteiger partial charge >= 0.3 is 0 Å². The predicted octanol–water partition coefficient (Wildman–Crippen LogP) is 2.85. The van der Waals surface area contributed by atoms with Crippen LogP contribution in [-0.4, -0.2) is 18.6 Å². The lowest BCUT2D eigenvalue weighted by Crippen LogP contribution is -1.99. The molecule has 2 rings (SSSR count). The Bertz CT molecular complexity index is 663. The zero-order chi connectivity index (χ0) is 13.7. The molecule has 3 nitrogen and oxygen atoms in total. The van der Waals surface area contributed by atoms with Crippen molar-refractivity contribution in [2.75, 3.05) is 0 Å². The Morgan fingerprint density at radius 3 is 2.05 bits per heavy atom. The van der Waals surface area contributed by atoms with Gasteiger partial charge in [-0.1, -0.05) is 54.6 Å². The van der Waals surface area contributed by atoms with Crippen LogP contribution in [0.25, 0.3) is 11.1 Å². The third-order valence-electron chi connectivity index (χ3n) is 2.88. The molecule has 19 heavy (non-hydrogen) atoms. The molecule has 0 aliphatic carbocycles. The minimum atomic E-state index is -2.50. The van der Waals surface area contributed by atoms with E-state index in [1.165, 1.54) is 0 Å². The van der Waals surface area contributed by atoms with Crippen LogP contribution in [0.2, 0.25) is 0 Å². The van der Waals surface area contributed by atoms with Crippen molar-refractivity contribution in [3.63, 3.8) is 0 Å². The van der Waals surface area contributed by atoms with Gasteiger partial charge in [-0.15, -0.1) is 0 Å². The summed E-state index contributed by atoms with van der Waals surface area (Å²) in [5, 5.41) is 8.63. The topological polar surface area (TPSA) is 54.4 Å². The van der Waals surface area contributed by atoms with Crippen LogP contribution in [0.1, 0.15) is 12.0 Å². The molecule has 2 aromatic carbocycles. The van der Waals surface area contributed by atoms with Crippen LogP contribution in [0, 0.1) is 0 Å². The van der Waals surface area contributed by atoms with E-state index in [0.29, 0.717) is 6.42 Å². The summed E-state index contributed by atoms with van der Waals surface area (Å²) < 4.78 is 20.9. The number of hydrogen-bond acceptors (Lipinski definition) is 2. The quantitative estimate of drug-likeness (QED) is 0.872. The van der Waals surface area contributed by atoms with Gasteiger partial charge in [0.15, 0.2) is 5.05 Å². The third kappa shape index (κ3) is 3.77. The highest BCUT2D eigenvalue weighted by atomic mass is 32.2. The predicted molar refractivity (Wildman–Crippen MR) is 76.8 cm³/mol. The lowest BCUT2D eigenvalue weighted by molar-refractivity contribution is 0.539. The third-order valence-corrected chi connectivity index (χ3v) is 3.47. The SMILES string of the molecule is O=S(=O)=C(O)CCc1ccc(-c2ccccc2)cc1. The van der Waals surface area contributed by atoms with E-state index < -0.39 is 15.3 Å². The molecule has 98 valence electrons. The van der Waals surface area contributed by atoms with Crippen molar-refractivity contribution >= 4 is 15.3 Å². The molecule has 2 aromatic rings. The Balaban J connectivity index is 2.09. The van der Waals surface area contributed by atoms with Crippen molar-refractivity contribution in [3.8, 4) is 11.1 Å². The van der Waals surface area contributed by atoms with Crippen molar-refractivity contribution in [2.45, 2.75) is 12.8 Å². The molecule has 0 aliphatic heterocycles. The lowest BCUT2D eigenvalue weighted by Gasteiger charge is -2.03. The zero-order valence-electron chi connectivity index (χ0n) is 10.3. The van der Waals surface area contributed by atoms with E-state index in [1.807, 2.05) is 54.6 Å². The first-order chi connectivity index (χ1) is 9.16. The minimum Gasteiger partial charge on any atom is -0.351 e. The van der Waals surface area contributed by atoms with Gasteiger partial charge in [-0.25, -0.2) is 0 Å². The molecule has 0 aromatic heterocycles. The van der Waals surface area contributed by atoms with Crippen molar-refractivity contribution in [3.05, 3.63) is 60.2 Å². The molecule has 0 bridgehead atoms. The summed E-state index contributed by atoms with van der Waals surface area (Å²) in [7, 11) is -2.50. The Kier molecular flexibility index (Phi) is 4.49. The van der Waals surface area contributed by atoms with Gasteiger partial charge in [-0.2, -0.15) is 8.42 Å². The van der Waals surface area contributed by atoms with Gasteiger partial charge in [-0.3, -0.25) is 0 Å². The van der Waals surface area contributed by atoms with E-state index in [0.717, 1.165) is 16.7 Å². The van der Waals surface area contributed by atoms with Gasteiger partial charge in [0.2, 0.25) is 10.3 Å². The second kappa shape index (κ2) is 6.31. The van der Waals surface area contributed by atoms with Gasteiger partial charge in [0.25, 0.3) is 0 Å². The molecule has 0 heterocycles. The summed E-state index contributed by atoms with van der Waals surface area (Å²) in [5.41, 5.74) is 3.26. The van der Waals surface area contributed by atoms with E-state index in [1.54, 1.807) is 0 Å². The number of aliphatic hydroxyl groups is 1. The summed E-state index contributed by atoms with van der Waals surface area (Å²) in [6.45, 7) is 0. The van der Waals surface area contributed by atoms with Crippen LogP contribution >= 0.6 is 0 Å². The average Bonchev–Trinajstić information content (AvgIpc) is 2.46. The highest BCUT2D eigenvalue weighted by Gasteiger charge is 2.00. The largest absolute Gasteiger partial charge is 0.351 e. The van der Waals surface area contributed by atoms with Crippen LogP contribution in [0.4, 0.5) is 0 Å². The Labute approximate surface area is 113 Å². The van der Waals surface area contributed by atoms with E-state index in [4.69, 9.17) is 5.11 Å². The Hall–Kier alpha value is -1.91. The monoisotopic (exact) mass is 274 g/mol. The second-order valence-electron chi connectivity index (χ2n) is 4.19. The van der Waals surface area contributed by atoms with Gasteiger partial charge in [0, 0.05) is 6.42 Å². The molecule has 0 atom stereocenters. The first kappa shape index (κ1) is 13.5. The number of aliphatic hydroxyl groups excluding tert-OH is 1. The lowest BCUT2D eigenvalue weighted by atomic mass is 10.0.